The molecule has 6 nitrogen and oxygen atoms in total. The summed E-state index contributed by atoms with van der Waals surface area (Å²) in [6.45, 7) is 0.414. The van der Waals surface area contributed by atoms with E-state index in [1.165, 1.54) is 11.3 Å². The van der Waals surface area contributed by atoms with Gasteiger partial charge < -0.3 is 5.32 Å². The van der Waals surface area contributed by atoms with E-state index in [9.17, 15) is 9.59 Å². The van der Waals surface area contributed by atoms with Crippen molar-refractivity contribution in [2.24, 2.45) is 0 Å². The van der Waals surface area contributed by atoms with Gasteiger partial charge in [0.1, 0.15) is 5.01 Å². The molecule has 0 aliphatic rings. The summed E-state index contributed by atoms with van der Waals surface area (Å²) in [4.78, 5) is 25.4. The number of nitrogens with one attached hydrogen (secondary N) is 2. The first kappa shape index (κ1) is 23.5. The van der Waals surface area contributed by atoms with Crippen molar-refractivity contribution in [2.75, 3.05) is 11.9 Å². The van der Waals surface area contributed by atoms with E-state index < -0.39 is 0 Å². The van der Waals surface area contributed by atoms with Crippen LogP contribution in [0.25, 0.3) is 11.6 Å². The summed E-state index contributed by atoms with van der Waals surface area (Å²) in [6.07, 6.45) is 2.36. The van der Waals surface area contributed by atoms with Crippen molar-refractivity contribution in [3.8, 4) is 0 Å². The second-order valence-corrected chi connectivity index (χ2v) is 9.28. The van der Waals surface area contributed by atoms with Crippen molar-refractivity contribution in [1.29, 1.82) is 0 Å². The molecule has 0 saturated carbocycles. The monoisotopic (exact) mass is 532 g/mol. The van der Waals surface area contributed by atoms with Crippen LogP contribution in [-0.4, -0.2) is 28.6 Å². The number of anilines is 1. The summed E-state index contributed by atoms with van der Waals surface area (Å²) in [6, 6.07) is 26.4. The molecule has 0 fully saturated rings. The SMILES string of the molecule is O=C(Nc1nnc(CCNC(=O)c2cccc(Br)c2)s1)/C(=C/c1ccccc1)c1ccccc1. The van der Waals surface area contributed by atoms with E-state index in [1.807, 2.05) is 78.9 Å². The van der Waals surface area contributed by atoms with Crippen LogP contribution in [0.2, 0.25) is 0 Å². The number of rotatable bonds is 8. The Morgan fingerprint density at radius 1 is 0.882 bits per heavy atom. The summed E-state index contributed by atoms with van der Waals surface area (Å²) in [5, 5.41) is 15.1. The first-order valence-corrected chi connectivity index (χ1v) is 12.2. The normalized spacial score (nSPS) is 11.1. The fraction of sp³-hybridized carbons (Fsp3) is 0.0769. The van der Waals surface area contributed by atoms with Gasteiger partial charge in [0.25, 0.3) is 11.8 Å². The number of aromatic nitrogens is 2. The molecule has 0 bridgehead atoms. The molecule has 0 saturated heterocycles. The van der Waals surface area contributed by atoms with Crippen molar-refractivity contribution in [2.45, 2.75) is 6.42 Å². The minimum Gasteiger partial charge on any atom is -0.352 e. The van der Waals surface area contributed by atoms with Crippen LogP contribution >= 0.6 is 27.3 Å². The van der Waals surface area contributed by atoms with Crippen molar-refractivity contribution < 1.29 is 9.59 Å². The van der Waals surface area contributed by atoms with E-state index >= 15 is 0 Å². The summed E-state index contributed by atoms with van der Waals surface area (Å²) < 4.78 is 0.848. The molecule has 4 rings (SSSR count). The Labute approximate surface area is 209 Å². The van der Waals surface area contributed by atoms with Crippen LogP contribution in [-0.2, 0) is 11.2 Å². The number of benzene rings is 3. The number of hydrogen-bond donors (Lipinski definition) is 2. The van der Waals surface area contributed by atoms with E-state index in [-0.39, 0.29) is 11.8 Å². The van der Waals surface area contributed by atoms with Gasteiger partial charge in [0.15, 0.2) is 0 Å². The van der Waals surface area contributed by atoms with Crippen LogP contribution < -0.4 is 10.6 Å². The maximum Gasteiger partial charge on any atom is 0.258 e. The van der Waals surface area contributed by atoms with Gasteiger partial charge in [-0.3, -0.25) is 14.9 Å². The number of nitrogens with zero attached hydrogens (tertiary/aromatic N) is 2. The van der Waals surface area contributed by atoms with Gasteiger partial charge in [-0.05, 0) is 35.4 Å². The predicted molar refractivity (Wildman–Crippen MR) is 139 cm³/mol. The molecule has 1 heterocycles. The van der Waals surface area contributed by atoms with Gasteiger partial charge in [0.2, 0.25) is 5.13 Å². The highest BCUT2D eigenvalue weighted by Crippen LogP contribution is 2.22. The van der Waals surface area contributed by atoms with Crippen LogP contribution in [0.1, 0.15) is 26.5 Å². The van der Waals surface area contributed by atoms with Crippen molar-refractivity contribution in [1.82, 2.24) is 15.5 Å². The van der Waals surface area contributed by atoms with Gasteiger partial charge in [-0.25, -0.2) is 0 Å². The minimum atomic E-state index is -0.263. The number of carbonyl (C=O) groups is 2. The lowest BCUT2D eigenvalue weighted by molar-refractivity contribution is -0.111. The Bertz CT molecular complexity index is 1310. The summed E-state index contributed by atoms with van der Waals surface area (Å²) >= 11 is 4.66. The summed E-state index contributed by atoms with van der Waals surface area (Å²) in [5.41, 5.74) is 2.85. The molecule has 4 aromatic rings. The van der Waals surface area contributed by atoms with Gasteiger partial charge in [0.05, 0.1) is 0 Å². The quantitative estimate of drug-likeness (QED) is 0.233. The van der Waals surface area contributed by atoms with Crippen molar-refractivity contribution >= 4 is 55.9 Å². The minimum absolute atomic E-state index is 0.155. The zero-order chi connectivity index (χ0) is 23.8. The zero-order valence-electron chi connectivity index (χ0n) is 18.1. The molecule has 0 aliphatic heterocycles. The lowest BCUT2D eigenvalue weighted by Gasteiger charge is -2.08. The third-order valence-corrected chi connectivity index (χ3v) is 6.23. The first-order chi connectivity index (χ1) is 16.6. The maximum atomic E-state index is 13.1. The van der Waals surface area contributed by atoms with Crippen molar-refractivity contribution in [3.63, 3.8) is 0 Å². The Hall–Kier alpha value is -3.62. The molecule has 170 valence electrons. The number of hydrogen-bond acceptors (Lipinski definition) is 5. The third kappa shape index (κ3) is 6.46. The van der Waals surface area contributed by atoms with Crippen LogP contribution in [0.4, 0.5) is 5.13 Å². The standard InChI is InChI=1S/C26H21BrN4O2S/c27-21-13-7-12-20(17-21)24(32)28-15-14-23-30-31-26(34-23)29-25(33)22(19-10-5-2-6-11-19)16-18-8-3-1-4-9-18/h1-13,16-17H,14-15H2,(H,28,32)(H,29,31,33)/b22-16+. The second kappa shape index (κ2) is 11.5. The summed E-state index contributed by atoms with van der Waals surface area (Å²) in [7, 11) is 0. The lowest BCUT2D eigenvalue weighted by atomic mass is 10.0. The molecule has 2 N–H and O–H groups in total. The first-order valence-electron chi connectivity index (χ1n) is 10.6. The Balaban J connectivity index is 1.39. The van der Waals surface area contributed by atoms with Gasteiger partial charge in [0, 0.05) is 28.6 Å². The molecule has 1 aromatic heterocycles. The molecule has 0 atom stereocenters. The Morgan fingerprint density at radius 2 is 1.59 bits per heavy atom. The van der Waals surface area contributed by atoms with Gasteiger partial charge in [-0.2, -0.15) is 0 Å². The summed E-state index contributed by atoms with van der Waals surface area (Å²) in [5.74, 6) is -0.418. The number of halogens is 1. The third-order valence-electron chi connectivity index (χ3n) is 4.84. The molecular formula is C26H21BrN4O2S. The number of amides is 2. The average molecular weight is 533 g/mol. The molecule has 0 unspecified atom stereocenters. The lowest BCUT2D eigenvalue weighted by Crippen LogP contribution is -2.25. The van der Waals surface area contributed by atoms with E-state index in [4.69, 9.17) is 0 Å². The van der Waals surface area contributed by atoms with Crippen LogP contribution in [0.3, 0.4) is 0 Å². The Morgan fingerprint density at radius 3 is 2.32 bits per heavy atom. The second-order valence-electron chi connectivity index (χ2n) is 7.31. The molecule has 2 amide bonds. The average Bonchev–Trinajstić information content (AvgIpc) is 3.30. The predicted octanol–water partition coefficient (Wildman–Crippen LogP) is 5.45. The van der Waals surface area contributed by atoms with Gasteiger partial charge in [-0.1, -0.05) is 94.0 Å². The maximum absolute atomic E-state index is 13.1. The van der Waals surface area contributed by atoms with Gasteiger partial charge in [-0.15, -0.1) is 10.2 Å². The molecule has 3 aromatic carbocycles. The molecule has 0 spiro atoms. The van der Waals surface area contributed by atoms with E-state index in [0.29, 0.717) is 29.2 Å². The van der Waals surface area contributed by atoms with Gasteiger partial charge >= 0.3 is 0 Å². The fourth-order valence-corrected chi connectivity index (χ4v) is 4.33. The highest BCUT2D eigenvalue weighted by molar-refractivity contribution is 9.10. The molecule has 8 heteroatoms. The largest absolute Gasteiger partial charge is 0.352 e. The van der Waals surface area contributed by atoms with E-state index in [1.54, 1.807) is 12.1 Å². The molecule has 34 heavy (non-hydrogen) atoms. The highest BCUT2D eigenvalue weighted by Gasteiger charge is 2.15. The molecular weight excluding hydrogens is 512 g/mol. The van der Waals surface area contributed by atoms with Crippen molar-refractivity contribution in [3.05, 3.63) is 111 Å². The van der Waals surface area contributed by atoms with Crippen LogP contribution in [0.15, 0.2) is 89.4 Å². The number of carbonyl (C=O) groups excluding carboxylic acids is 2. The van der Waals surface area contributed by atoms with Crippen LogP contribution in [0, 0.1) is 0 Å². The molecule has 0 radical (unpaired) electrons. The van der Waals surface area contributed by atoms with E-state index in [2.05, 4.69) is 36.8 Å². The zero-order valence-corrected chi connectivity index (χ0v) is 20.5. The van der Waals surface area contributed by atoms with Crippen LogP contribution in [0.5, 0.6) is 0 Å². The fourth-order valence-electron chi connectivity index (χ4n) is 3.20. The smallest absolute Gasteiger partial charge is 0.258 e. The van der Waals surface area contributed by atoms with E-state index in [0.717, 1.165) is 20.6 Å². The Kier molecular flexibility index (Phi) is 7.95. The highest BCUT2D eigenvalue weighted by atomic mass is 79.9. The topological polar surface area (TPSA) is 84.0 Å². The molecule has 0 aliphatic carbocycles.